The number of hydrogen-bond donors (Lipinski definition) is 2. The summed E-state index contributed by atoms with van der Waals surface area (Å²) in [5, 5.41) is 5.93. The molecular formula is C17H24ClF3N2O. The zero-order chi connectivity index (χ0) is 16.9. The molecule has 1 aromatic carbocycles. The van der Waals surface area contributed by atoms with Crippen molar-refractivity contribution in [3.63, 3.8) is 0 Å². The van der Waals surface area contributed by atoms with Crippen molar-refractivity contribution in [2.24, 2.45) is 5.92 Å². The van der Waals surface area contributed by atoms with Crippen LogP contribution in [0.1, 0.15) is 49.8 Å². The van der Waals surface area contributed by atoms with Crippen molar-refractivity contribution in [1.29, 1.82) is 0 Å². The van der Waals surface area contributed by atoms with E-state index in [2.05, 4.69) is 10.6 Å². The number of benzene rings is 1. The van der Waals surface area contributed by atoms with Crippen molar-refractivity contribution in [2.45, 2.75) is 44.8 Å². The van der Waals surface area contributed by atoms with Crippen molar-refractivity contribution >= 4 is 18.3 Å². The highest BCUT2D eigenvalue weighted by molar-refractivity contribution is 5.85. The topological polar surface area (TPSA) is 41.1 Å². The fourth-order valence-corrected chi connectivity index (χ4v) is 2.50. The Labute approximate surface area is 146 Å². The summed E-state index contributed by atoms with van der Waals surface area (Å²) in [5.74, 6) is 0.499. The van der Waals surface area contributed by atoms with Gasteiger partial charge in [0.25, 0.3) is 0 Å². The maximum Gasteiger partial charge on any atom is 0.416 e. The van der Waals surface area contributed by atoms with Gasteiger partial charge in [0.2, 0.25) is 5.91 Å². The van der Waals surface area contributed by atoms with Crippen molar-refractivity contribution in [2.75, 3.05) is 13.1 Å². The van der Waals surface area contributed by atoms with Gasteiger partial charge < -0.3 is 10.6 Å². The van der Waals surface area contributed by atoms with E-state index in [1.165, 1.54) is 18.9 Å². The van der Waals surface area contributed by atoms with Crippen LogP contribution < -0.4 is 10.6 Å². The lowest BCUT2D eigenvalue weighted by molar-refractivity contribution is -0.137. The molecule has 1 amide bonds. The molecule has 0 bridgehead atoms. The molecule has 1 unspecified atom stereocenters. The Morgan fingerprint density at radius 1 is 1.33 bits per heavy atom. The molecule has 0 radical (unpaired) electrons. The van der Waals surface area contributed by atoms with Gasteiger partial charge in [0.05, 0.1) is 18.2 Å². The Morgan fingerprint density at radius 2 is 2.04 bits per heavy atom. The van der Waals surface area contributed by atoms with Crippen molar-refractivity contribution in [1.82, 2.24) is 10.6 Å². The molecule has 0 aromatic heterocycles. The van der Waals surface area contributed by atoms with E-state index in [1.54, 1.807) is 6.07 Å². The van der Waals surface area contributed by atoms with Gasteiger partial charge in [0, 0.05) is 0 Å². The van der Waals surface area contributed by atoms with Crippen LogP contribution in [0.3, 0.4) is 0 Å². The standard InChI is InChI=1S/C17H23F3N2O.ClH/c1-2-4-15(22-16(23)11-21-10-12-7-8-12)13-5-3-6-14(9-13)17(18,19)20;/h3,5-6,9,12,15,21H,2,4,7-8,10-11H2,1H3,(H,22,23);1H. The van der Waals surface area contributed by atoms with Gasteiger partial charge in [-0.3, -0.25) is 4.79 Å². The van der Waals surface area contributed by atoms with Gasteiger partial charge in [-0.15, -0.1) is 12.4 Å². The number of amides is 1. The van der Waals surface area contributed by atoms with Crippen LogP contribution in [-0.4, -0.2) is 19.0 Å². The maximum atomic E-state index is 12.8. The first-order chi connectivity index (χ1) is 10.9. The fourth-order valence-electron chi connectivity index (χ4n) is 2.50. The first-order valence-corrected chi connectivity index (χ1v) is 8.07. The lowest BCUT2D eigenvalue weighted by Crippen LogP contribution is -2.37. The number of nitrogens with one attached hydrogen (secondary N) is 2. The summed E-state index contributed by atoms with van der Waals surface area (Å²) in [6.07, 6.45) is -0.580. The Balaban J connectivity index is 0.00000288. The molecule has 0 spiro atoms. The van der Waals surface area contributed by atoms with Crippen LogP contribution in [0.15, 0.2) is 24.3 Å². The van der Waals surface area contributed by atoms with Crippen LogP contribution in [0.4, 0.5) is 13.2 Å². The molecule has 1 aromatic rings. The average molecular weight is 365 g/mol. The van der Waals surface area contributed by atoms with Crippen LogP contribution in [0.5, 0.6) is 0 Å². The van der Waals surface area contributed by atoms with Crippen molar-refractivity contribution in [3.05, 3.63) is 35.4 Å². The van der Waals surface area contributed by atoms with Crippen molar-refractivity contribution < 1.29 is 18.0 Å². The van der Waals surface area contributed by atoms with Gasteiger partial charge in [-0.2, -0.15) is 13.2 Å². The number of carbonyl (C=O) groups is 1. The second-order valence-electron chi connectivity index (χ2n) is 6.11. The van der Waals surface area contributed by atoms with E-state index in [4.69, 9.17) is 0 Å². The SMILES string of the molecule is CCCC(NC(=O)CNCC1CC1)c1cccc(C(F)(F)F)c1.Cl. The zero-order valence-electron chi connectivity index (χ0n) is 13.7. The van der Waals surface area contributed by atoms with Crippen LogP contribution >= 0.6 is 12.4 Å². The monoisotopic (exact) mass is 364 g/mol. The first kappa shape index (κ1) is 20.8. The molecule has 0 heterocycles. The summed E-state index contributed by atoms with van der Waals surface area (Å²) in [4.78, 5) is 12.0. The van der Waals surface area contributed by atoms with E-state index >= 15 is 0 Å². The predicted octanol–water partition coefficient (Wildman–Crippen LogP) is 4.08. The van der Waals surface area contributed by atoms with Gasteiger partial charge in [-0.05, 0) is 49.4 Å². The third-order valence-electron chi connectivity index (χ3n) is 3.94. The minimum absolute atomic E-state index is 0. The summed E-state index contributed by atoms with van der Waals surface area (Å²) in [7, 11) is 0. The van der Waals surface area contributed by atoms with E-state index in [9.17, 15) is 18.0 Å². The van der Waals surface area contributed by atoms with E-state index in [0.29, 0.717) is 17.9 Å². The number of carbonyl (C=O) groups excluding carboxylic acids is 1. The van der Waals surface area contributed by atoms with Crippen LogP contribution in [-0.2, 0) is 11.0 Å². The largest absolute Gasteiger partial charge is 0.416 e. The molecule has 0 aliphatic heterocycles. The Morgan fingerprint density at radius 3 is 2.62 bits per heavy atom. The summed E-state index contributed by atoms with van der Waals surface area (Å²) < 4.78 is 38.5. The summed E-state index contributed by atoms with van der Waals surface area (Å²) in [5.41, 5.74) is -0.186. The molecule has 1 aliphatic carbocycles. The van der Waals surface area contributed by atoms with E-state index < -0.39 is 17.8 Å². The Hall–Kier alpha value is -1.27. The smallest absolute Gasteiger partial charge is 0.348 e. The molecule has 7 heteroatoms. The molecule has 3 nitrogen and oxygen atoms in total. The third-order valence-corrected chi connectivity index (χ3v) is 3.94. The van der Waals surface area contributed by atoms with Crippen LogP contribution in [0.25, 0.3) is 0 Å². The van der Waals surface area contributed by atoms with Crippen LogP contribution in [0, 0.1) is 5.92 Å². The number of rotatable bonds is 8. The lowest BCUT2D eigenvalue weighted by Gasteiger charge is -2.20. The van der Waals surface area contributed by atoms with E-state index in [0.717, 1.165) is 25.1 Å². The molecule has 1 atom stereocenters. The molecular weight excluding hydrogens is 341 g/mol. The number of halogens is 4. The highest BCUT2D eigenvalue weighted by atomic mass is 35.5. The first-order valence-electron chi connectivity index (χ1n) is 8.07. The van der Waals surface area contributed by atoms with E-state index in [1.807, 2.05) is 6.92 Å². The average Bonchev–Trinajstić information content (AvgIpc) is 3.30. The number of alkyl halides is 3. The van der Waals surface area contributed by atoms with Gasteiger partial charge in [-0.1, -0.05) is 25.5 Å². The second kappa shape index (κ2) is 9.28. The zero-order valence-corrected chi connectivity index (χ0v) is 14.5. The van der Waals surface area contributed by atoms with Gasteiger partial charge in [0.15, 0.2) is 0 Å². The molecule has 24 heavy (non-hydrogen) atoms. The Kier molecular flexibility index (Phi) is 8.03. The summed E-state index contributed by atoms with van der Waals surface area (Å²) in [6, 6.07) is 4.80. The highest BCUT2D eigenvalue weighted by Gasteiger charge is 2.31. The quantitative estimate of drug-likeness (QED) is 0.729. The predicted molar refractivity (Wildman–Crippen MR) is 90.1 cm³/mol. The molecule has 1 saturated carbocycles. The Bertz CT molecular complexity index is 533. The van der Waals surface area contributed by atoms with Gasteiger partial charge in [-0.25, -0.2) is 0 Å². The van der Waals surface area contributed by atoms with Crippen LogP contribution in [0.2, 0.25) is 0 Å². The van der Waals surface area contributed by atoms with Crippen molar-refractivity contribution in [3.8, 4) is 0 Å². The minimum Gasteiger partial charge on any atom is -0.348 e. The van der Waals surface area contributed by atoms with Gasteiger partial charge >= 0.3 is 6.18 Å². The second-order valence-corrected chi connectivity index (χ2v) is 6.11. The summed E-state index contributed by atoms with van der Waals surface area (Å²) in [6.45, 7) is 2.98. The maximum absolute atomic E-state index is 12.8. The molecule has 1 fully saturated rings. The highest BCUT2D eigenvalue weighted by Crippen LogP contribution is 2.31. The third kappa shape index (κ3) is 6.69. The summed E-state index contributed by atoms with van der Waals surface area (Å²) >= 11 is 0. The lowest BCUT2D eigenvalue weighted by atomic mass is 10.00. The van der Waals surface area contributed by atoms with Gasteiger partial charge in [0.1, 0.15) is 0 Å². The molecule has 0 saturated heterocycles. The number of hydrogen-bond acceptors (Lipinski definition) is 2. The van der Waals surface area contributed by atoms with E-state index in [-0.39, 0.29) is 24.9 Å². The minimum atomic E-state index is -4.37. The molecule has 2 rings (SSSR count). The normalized spacial score (nSPS) is 15.5. The fraction of sp³-hybridized carbons (Fsp3) is 0.588. The molecule has 136 valence electrons. The molecule has 2 N–H and O–H groups in total. The molecule has 1 aliphatic rings.